The molecule has 7 nitrogen and oxygen atoms in total. The van der Waals surface area contributed by atoms with E-state index < -0.39 is 0 Å². The molecule has 1 aromatic heterocycles. The molecule has 0 atom stereocenters. The Morgan fingerprint density at radius 1 is 1.11 bits per heavy atom. The molecule has 0 unspecified atom stereocenters. The van der Waals surface area contributed by atoms with Crippen molar-refractivity contribution in [3.63, 3.8) is 0 Å². The first-order chi connectivity index (χ1) is 13.5. The minimum atomic E-state index is -0.380. The van der Waals surface area contributed by atoms with Crippen molar-refractivity contribution in [2.24, 2.45) is 0 Å². The lowest BCUT2D eigenvalue weighted by molar-refractivity contribution is -0.384. The SMILES string of the molecule is Cc1ccc2oc(C(=O)N3CCN(Cc4cccc([N+](=O)[O-])c4)CC3)cc2c1. The van der Waals surface area contributed by atoms with E-state index in [1.807, 2.05) is 31.2 Å². The zero-order chi connectivity index (χ0) is 19.7. The Kier molecular flexibility index (Phi) is 4.83. The molecule has 2 heterocycles. The summed E-state index contributed by atoms with van der Waals surface area (Å²) in [4.78, 5) is 27.3. The van der Waals surface area contributed by atoms with Gasteiger partial charge in [-0.3, -0.25) is 19.8 Å². The van der Waals surface area contributed by atoms with E-state index in [1.54, 1.807) is 23.1 Å². The van der Waals surface area contributed by atoms with Gasteiger partial charge in [-0.15, -0.1) is 0 Å². The third-order valence-electron chi connectivity index (χ3n) is 5.07. The molecule has 1 aliphatic rings. The second-order valence-electron chi connectivity index (χ2n) is 7.15. The van der Waals surface area contributed by atoms with Crippen LogP contribution in [0.25, 0.3) is 11.0 Å². The lowest BCUT2D eigenvalue weighted by Gasteiger charge is -2.34. The highest BCUT2D eigenvalue weighted by Crippen LogP contribution is 2.22. The molecule has 144 valence electrons. The molecule has 3 aromatic rings. The van der Waals surface area contributed by atoms with Gasteiger partial charge in [-0.1, -0.05) is 23.8 Å². The molecular weight excluding hydrogens is 358 g/mol. The number of benzene rings is 2. The molecule has 1 saturated heterocycles. The first-order valence-corrected chi connectivity index (χ1v) is 9.25. The molecule has 1 amide bonds. The Morgan fingerprint density at radius 3 is 2.64 bits per heavy atom. The van der Waals surface area contributed by atoms with Gasteiger partial charge in [0.25, 0.3) is 11.6 Å². The van der Waals surface area contributed by atoms with Crippen LogP contribution >= 0.6 is 0 Å². The van der Waals surface area contributed by atoms with E-state index in [4.69, 9.17) is 4.42 Å². The first kappa shape index (κ1) is 18.2. The van der Waals surface area contributed by atoms with Crippen molar-refractivity contribution in [1.82, 2.24) is 9.80 Å². The number of hydrogen-bond donors (Lipinski definition) is 0. The molecule has 28 heavy (non-hydrogen) atoms. The second-order valence-corrected chi connectivity index (χ2v) is 7.15. The highest BCUT2D eigenvalue weighted by molar-refractivity contribution is 5.96. The Balaban J connectivity index is 1.38. The molecule has 0 spiro atoms. The lowest BCUT2D eigenvalue weighted by Crippen LogP contribution is -2.48. The summed E-state index contributed by atoms with van der Waals surface area (Å²) in [5, 5.41) is 11.9. The van der Waals surface area contributed by atoms with Crippen LogP contribution in [0.4, 0.5) is 5.69 Å². The standard InChI is InChI=1S/C21H21N3O4/c1-15-5-6-19-17(11-15)13-20(28-19)21(25)23-9-7-22(8-10-23)14-16-3-2-4-18(12-16)24(26)27/h2-6,11-13H,7-10,14H2,1H3. The van der Waals surface area contributed by atoms with E-state index >= 15 is 0 Å². The van der Waals surface area contributed by atoms with Crippen molar-refractivity contribution in [1.29, 1.82) is 0 Å². The molecule has 0 aliphatic carbocycles. The van der Waals surface area contributed by atoms with Gasteiger partial charge in [-0.2, -0.15) is 0 Å². The Labute approximate surface area is 162 Å². The van der Waals surface area contributed by atoms with E-state index in [2.05, 4.69) is 4.90 Å². The van der Waals surface area contributed by atoms with Crippen molar-refractivity contribution in [3.05, 3.63) is 75.5 Å². The van der Waals surface area contributed by atoms with Crippen LogP contribution in [0.5, 0.6) is 0 Å². The predicted molar refractivity (Wildman–Crippen MR) is 105 cm³/mol. The van der Waals surface area contributed by atoms with Gasteiger partial charge in [0.2, 0.25) is 0 Å². The number of aryl methyl sites for hydroxylation is 1. The van der Waals surface area contributed by atoms with Gasteiger partial charge in [-0.25, -0.2) is 0 Å². The van der Waals surface area contributed by atoms with Gasteiger partial charge in [0.1, 0.15) is 5.58 Å². The summed E-state index contributed by atoms with van der Waals surface area (Å²) in [5.74, 6) is 0.275. The third-order valence-corrected chi connectivity index (χ3v) is 5.07. The quantitative estimate of drug-likeness (QED) is 0.511. The summed E-state index contributed by atoms with van der Waals surface area (Å²) in [5.41, 5.74) is 2.85. The van der Waals surface area contributed by atoms with Crippen molar-refractivity contribution in [2.45, 2.75) is 13.5 Å². The van der Waals surface area contributed by atoms with Gasteiger partial charge in [0.15, 0.2) is 5.76 Å². The van der Waals surface area contributed by atoms with Crippen LogP contribution in [0.15, 0.2) is 52.9 Å². The number of nitrogens with zero attached hydrogens (tertiary/aromatic N) is 3. The van der Waals surface area contributed by atoms with E-state index in [9.17, 15) is 14.9 Å². The van der Waals surface area contributed by atoms with Crippen molar-refractivity contribution < 1.29 is 14.1 Å². The number of non-ortho nitro benzene ring substituents is 1. The number of carbonyl (C=O) groups is 1. The van der Waals surface area contributed by atoms with Crippen LogP contribution in [0.1, 0.15) is 21.7 Å². The largest absolute Gasteiger partial charge is 0.451 e. The summed E-state index contributed by atoms with van der Waals surface area (Å²) in [6.07, 6.45) is 0. The maximum absolute atomic E-state index is 12.8. The monoisotopic (exact) mass is 379 g/mol. The fourth-order valence-corrected chi connectivity index (χ4v) is 3.56. The number of carbonyl (C=O) groups excluding carboxylic acids is 1. The predicted octanol–water partition coefficient (Wildman–Crippen LogP) is 3.61. The molecule has 2 aromatic carbocycles. The zero-order valence-electron chi connectivity index (χ0n) is 15.6. The Hall–Kier alpha value is -3.19. The van der Waals surface area contributed by atoms with E-state index in [1.165, 1.54) is 6.07 Å². The van der Waals surface area contributed by atoms with Crippen LogP contribution in [0, 0.1) is 17.0 Å². The van der Waals surface area contributed by atoms with Gasteiger partial charge < -0.3 is 9.32 Å². The Bertz CT molecular complexity index is 1040. The fourth-order valence-electron chi connectivity index (χ4n) is 3.56. The van der Waals surface area contributed by atoms with Crippen LogP contribution < -0.4 is 0 Å². The summed E-state index contributed by atoms with van der Waals surface area (Å²) >= 11 is 0. The topological polar surface area (TPSA) is 79.8 Å². The number of nitro benzene ring substituents is 1. The normalized spacial score (nSPS) is 15.1. The smallest absolute Gasteiger partial charge is 0.289 e. The highest BCUT2D eigenvalue weighted by Gasteiger charge is 2.24. The van der Waals surface area contributed by atoms with Crippen LogP contribution in [-0.2, 0) is 6.54 Å². The maximum Gasteiger partial charge on any atom is 0.289 e. The number of rotatable bonds is 4. The molecule has 0 N–H and O–H groups in total. The van der Waals surface area contributed by atoms with Gasteiger partial charge >= 0.3 is 0 Å². The van der Waals surface area contributed by atoms with Crippen LogP contribution in [0.2, 0.25) is 0 Å². The summed E-state index contributed by atoms with van der Waals surface area (Å²) in [6.45, 7) is 5.28. The van der Waals surface area contributed by atoms with Crippen LogP contribution in [0.3, 0.4) is 0 Å². The maximum atomic E-state index is 12.8. The lowest BCUT2D eigenvalue weighted by atomic mass is 10.1. The van der Waals surface area contributed by atoms with Crippen molar-refractivity contribution in [2.75, 3.05) is 26.2 Å². The number of hydrogen-bond acceptors (Lipinski definition) is 5. The van der Waals surface area contributed by atoms with E-state index in [0.29, 0.717) is 38.5 Å². The minimum absolute atomic E-state index is 0.0937. The summed E-state index contributed by atoms with van der Waals surface area (Å²) in [7, 11) is 0. The zero-order valence-corrected chi connectivity index (χ0v) is 15.6. The van der Waals surface area contributed by atoms with Gasteiger partial charge in [0, 0.05) is 50.2 Å². The molecule has 7 heteroatoms. The second kappa shape index (κ2) is 7.44. The molecule has 0 saturated carbocycles. The van der Waals surface area contributed by atoms with Crippen LogP contribution in [-0.4, -0.2) is 46.8 Å². The molecule has 1 aliphatic heterocycles. The molecule has 0 bridgehead atoms. The van der Waals surface area contributed by atoms with Gasteiger partial charge in [0.05, 0.1) is 4.92 Å². The number of fused-ring (bicyclic) bond motifs is 1. The molecule has 0 radical (unpaired) electrons. The first-order valence-electron chi connectivity index (χ1n) is 9.25. The number of piperazine rings is 1. The number of nitro groups is 1. The number of amides is 1. The fraction of sp³-hybridized carbons (Fsp3) is 0.286. The summed E-state index contributed by atoms with van der Waals surface area (Å²) < 4.78 is 5.73. The third kappa shape index (κ3) is 3.75. The van der Waals surface area contributed by atoms with E-state index in [-0.39, 0.29) is 16.5 Å². The average molecular weight is 379 g/mol. The molecule has 1 fully saturated rings. The highest BCUT2D eigenvalue weighted by atomic mass is 16.6. The Morgan fingerprint density at radius 2 is 1.89 bits per heavy atom. The average Bonchev–Trinajstić information content (AvgIpc) is 3.11. The van der Waals surface area contributed by atoms with Gasteiger partial charge in [-0.05, 0) is 30.7 Å². The van der Waals surface area contributed by atoms with E-state index in [0.717, 1.165) is 22.1 Å². The van der Waals surface area contributed by atoms with Crippen molar-refractivity contribution in [3.8, 4) is 0 Å². The molecular formula is C21H21N3O4. The minimum Gasteiger partial charge on any atom is -0.451 e. The number of furan rings is 1. The summed E-state index contributed by atoms with van der Waals surface area (Å²) in [6, 6.07) is 14.4. The molecule has 4 rings (SSSR count). The van der Waals surface area contributed by atoms with Crippen molar-refractivity contribution >= 4 is 22.6 Å².